The van der Waals surface area contributed by atoms with Crippen molar-refractivity contribution in [3.63, 3.8) is 0 Å². The first-order valence-corrected chi connectivity index (χ1v) is 12.2. The lowest BCUT2D eigenvalue weighted by Crippen LogP contribution is -2.56. The number of nitrogens with one attached hydrogen (secondary N) is 4. The monoisotopic (exact) mass is 546 g/mol. The number of carbonyl (C=O) groups is 6. The van der Waals surface area contributed by atoms with Crippen molar-refractivity contribution in [3.05, 3.63) is 35.9 Å². The molecule has 1 saturated heterocycles. The van der Waals surface area contributed by atoms with Crippen molar-refractivity contribution in [1.29, 1.82) is 0 Å². The Bertz CT molecular complexity index is 1090. The van der Waals surface area contributed by atoms with Gasteiger partial charge in [-0.3, -0.25) is 33.8 Å². The Morgan fingerprint density at radius 2 is 1.64 bits per heavy atom. The van der Waals surface area contributed by atoms with E-state index in [0.717, 1.165) is 4.90 Å². The first kappa shape index (κ1) is 30.5. The van der Waals surface area contributed by atoms with Gasteiger partial charge in [0.1, 0.15) is 18.1 Å². The predicted octanol–water partition coefficient (Wildman–Crippen LogP) is -3.20. The highest BCUT2D eigenvalue weighted by Gasteiger charge is 2.32. The fourth-order valence-corrected chi connectivity index (χ4v) is 3.81. The zero-order valence-corrected chi connectivity index (χ0v) is 21.5. The van der Waals surface area contributed by atoms with E-state index in [1.807, 2.05) is 0 Å². The Morgan fingerprint density at radius 1 is 0.974 bits per heavy atom. The van der Waals surface area contributed by atoms with Crippen LogP contribution in [-0.2, 0) is 35.2 Å². The molecule has 1 aliphatic heterocycles. The van der Waals surface area contributed by atoms with Crippen molar-refractivity contribution < 1.29 is 33.9 Å². The number of nitrogens with two attached hydrogens (primary N) is 2. The van der Waals surface area contributed by atoms with E-state index in [1.165, 1.54) is 7.05 Å². The number of nitrogens with zero attached hydrogens (tertiary/aromatic N) is 2. The van der Waals surface area contributed by atoms with Crippen LogP contribution in [0.1, 0.15) is 24.8 Å². The summed E-state index contributed by atoms with van der Waals surface area (Å²) < 4.78 is 0. The molecular weight excluding hydrogens is 512 g/mol. The normalized spacial score (nSPS) is 21.4. The van der Waals surface area contributed by atoms with Crippen molar-refractivity contribution in [1.82, 2.24) is 26.2 Å². The standard InChI is InChI=1S/C24H34N8O7/c1-32-13-19(34)29-15(8-5-9-27-24(25)26)21(37)28-12-18(33)30-16(11-20(35)36)22(38)31-17(23(32)39)10-14-6-3-2-4-7-14/h2-4,6-7,15-17H,5,8-13H2,1H3,(H,28,37)(H,29,34)(H,30,33)(H,31,38)(H,35,36)(H4,25,26,27)/t15-,16-,17+/m0/s1. The second-order valence-corrected chi connectivity index (χ2v) is 8.95. The largest absolute Gasteiger partial charge is 0.481 e. The number of aliphatic imine (C=N–C) groups is 1. The summed E-state index contributed by atoms with van der Waals surface area (Å²) in [5.41, 5.74) is 11.3. The molecule has 0 saturated carbocycles. The lowest BCUT2D eigenvalue weighted by Gasteiger charge is -2.26. The van der Waals surface area contributed by atoms with E-state index in [2.05, 4.69) is 26.3 Å². The SMILES string of the molecule is CN1CC(=O)N[C@@H](CCCN=C(N)N)C(=O)NCC(=O)N[C@@H](CC(=O)O)C(=O)N[C@H](Cc2ccccc2)C1=O. The zero-order valence-electron chi connectivity index (χ0n) is 21.5. The van der Waals surface area contributed by atoms with E-state index in [0.29, 0.717) is 12.0 Å². The number of guanidine groups is 1. The predicted molar refractivity (Wildman–Crippen MR) is 139 cm³/mol. The average Bonchev–Trinajstić information content (AvgIpc) is 2.87. The minimum Gasteiger partial charge on any atom is -0.481 e. The molecule has 39 heavy (non-hydrogen) atoms. The number of amides is 5. The van der Waals surface area contributed by atoms with Crippen molar-refractivity contribution in [2.24, 2.45) is 16.5 Å². The number of likely N-dealkylation sites (N-methyl/N-ethyl adjacent to an activating group) is 1. The van der Waals surface area contributed by atoms with Gasteiger partial charge in [0.2, 0.25) is 29.5 Å². The van der Waals surface area contributed by atoms with Gasteiger partial charge in [-0.15, -0.1) is 0 Å². The van der Waals surface area contributed by atoms with Gasteiger partial charge in [-0.2, -0.15) is 0 Å². The number of rotatable bonds is 8. The highest BCUT2D eigenvalue weighted by Crippen LogP contribution is 2.08. The van der Waals surface area contributed by atoms with Crippen LogP contribution in [0.2, 0.25) is 0 Å². The van der Waals surface area contributed by atoms with Crippen LogP contribution in [0.4, 0.5) is 0 Å². The Hall–Kier alpha value is -4.69. The van der Waals surface area contributed by atoms with Gasteiger partial charge >= 0.3 is 5.97 Å². The van der Waals surface area contributed by atoms with Crippen LogP contribution in [0.5, 0.6) is 0 Å². The summed E-state index contributed by atoms with van der Waals surface area (Å²) in [5.74, 6) is -5.23. The van der Waals surface area contributed by atoms with Gasteiger partial charge in [0.05, 0.1) is 19.5 Å². The molecule has 5 amide bonds. The van der Waals surface area contributed by atoms with Gasteiger partial charge in [0.15, 0.2) is 5.96 Å². The van der Waals surface area contributed by atoms with E-state index in [1.54, 1.807) is 30.3 Å². The summed E-state index contributed by atoms with van der Waals surface area (Å²) in [4.78, 5) is 80.6. The van der Waals surface area contributed by atoms with Crippen LogP contribution in [0.15, 0.2) is 35.3 Å². The van der Waals surface area contributed by atoms with Gasteiger partial charge in [0.25, 0.3) is 0 Å². The second kappa shape index (κ2) is 14.9. The number of benzene rings is 1. The highest BCUT2D eigenvalue weighted by molar-refractivity contribution is 5.97. The molecule has 1 aliphatic rings. The van der Waals surface area contributed by atoms with E-state index in [-0.39, 0.29) is 25.3 Å². The molecule has 15 heteroatoms. The first-order valence-electron chi connectivity index (χ1n) is 12.2. The molecule has 15 nitrogen and oxygen atoms in total. The summed E-state index contributed by atoms with van der Waals surface area (Å²) in [7, 11) is 1.36. The molecule has 0 aromatic heterocycles. The smallest absolute Gasteiger partial charge is 0.305 e. The third-order valence-electron chi connectivity index (χ3n) is 5.70. The zero-order chi connectivity index (χ0) is 28.9. The van der Waals surface area contributed by atoms with E-state index in [9.17, 15) is 33.9 Å². The Morgan fingerprint density at radius 3 is 2.28 bits per heavy atom. The number of aliphatic carboxylic acids is 1. The molecular formula is C24H34N8O7. The van der Waals surface area contributed by atoms with E-state index < -0.39 is 73.1 Å². The topological polar surface area (TPSA) is 238 Å². The molecule has 1 heterocycles. The lowest BCUT2D eigenvalue weighted by molar-refractivity contribution is -0.142. The van der Waals surface area contributed by atoms with Crippen molar-refractivity contribution in [2.45, 2.75) is 43.8 Å². The van der Waals surface area contributed by atoms with Gasteiger partial charge < -0.3 is 42.7 Å². The number of carbonyl (C=O) groups excluding carboxylic acids is 5. The summed E-state index contributed by atoms with van der Waals surface area (Å²) in [6.45, 7) is -0.838. The number of hydrogen-bond acceptors (Lipinski definition) is 7. The summed E-state index contributed by atoms with van der Waals surface area (Å²) in [6, 6.07) is 4.97. The first-order chi connectivity index (χ1) is 18.5. The van der Waals surface area contributed by atoms with Crippen LogP contribution >= 0.6 is 0 Å². The summed E-state index contributed by atoms with van der Waals surface area (Å²) in [5, 5.41) is 19.0. The summed E-state index contributed by atoms with van der Waals surface area (Å²) in [6.07, 6.45) is -0.291. The van der Waals surface area contributed by atoms with Gasteiger partial charge in [0, 0.05) is 20.0 Å². The quantitative estimate of drug-likeness (QED) is 0.0985. The number of carboxylic acid groups (broad SMARTS) is 1. The molecule has 1 aromatic rings. The average molecular weight is 547 g/mol. The van der Waals surface area contributed by atoms with Gasteiger partial charge in [-0.1, -0.05) is 30.3 Å². The fraction of sp³-hybridized carbons (Fsp3) is 0.458. The van der Waals surface area contributed by atoms with Gasteiger partial charge in [-0.05, 0) is 18.4 Å². The van der Waals surface area contributed by atoms with Crippen LogP contribution in [0.3, 0.4) is 0 Å². The molecule has 0 bridgehead atoms. The summed E-state index contributed by atoms with van der Waals surface area (Å²) >= 11 is 0. The van der Waals surface area contributed by atoms with E-state index in [4.69, 9.17) is 11.5 Å². The van der Waals surface area contributed by atoms with Crippen LogP contribution < -0.4 is 32.7 Å². The maximum Gasteiger partial charge on any atom is 0.305 e. The maximum atomic E-state index is 13.3. The molecule has 1 fully saturated rings. The molecule has 3 atom stereocenters. The van der Waals surface area contributed by atoms with Gasteiger partial charge in [-0.25, -0.2) is 0 Å². The minimum atomic E-state index is -1.52. The molecule has 2 rings (SSSR count). The Kier molecular flexibility index (Phi) is 11.7. The van der Waals surface area contributed by atoms with E-state index >= 15 is 0 Å². The van der Waals surface area contributed by atoms with Crippen LogP contribution in [0, 0.1) is 0 Å². The molecule has 0 aliphatic carbocycles. The van der Waals surface area contributed by atoms with Crippen LogP contribution in [0.25, 0.3) is 0 Å². The van der Waals surface area contributed by atoms with Crippen molar-refractivity contribution >= 4 is 41.5 Å². The lowest BCUT2D eigenvalue weighted by atomic mass is 10.0. The second-order valence-electron chi connectivity index (χ2n) is 8.95. The van der Waals surface area contributed by atoms with Crippen molar-refractivity contribution in [3.8, 4) is 0 Å². The molecule has 9 N–H and O–H groups in total. The molecule has 1 aromatic carbocycles. The fourth-order valence-electron chi connectivity index (χ4n) is 3.81. The van der Waals surface area contributed by atoms with Crippen molar-refractivity contribution in [2.75, 3.05) is 26.7 Å². The third-order valence-corrected chi connectivity index (χ3v) is 5.70. The third kappa shape index (κ3) is 10.7. The molecule has 212 valence electrons. The maximum absolute atomic E-state index is 13.3. The van der Waals surface area contributed by atoms with Crippen LogP contribution in [-0.4, -0.2) is 96.3 Å². The Balaban J connectivity index is 2.33. The number of hydrogen-bond donors (Lipinski definition) is 7. The molecule has 0 unspecified atom stereocenters. The number of carboxylic acids is 1. The minimum absolute atomic E-state index is 0.0402. The highest BCUT2D eigenvalue weighted by atomic mass is 16.4. The molecule has 0 radical (unpaired) electrons. The molecule has 0 spiro atoms. The Labute approximate surface area is 224 Å².